The van der Waals surface area contributed by atoms with Crippen molar-refractivity contribution in [3.05, 3.63) is 17.0 Å². The molecular formula is C12H17N3O3. The van der Waals surface area contributed by atoms with Gasteiger partial charge in [0, 0.05) is 24.2 Å². The zero-order valence-corrected chi connectivity index (χ0v) is 10.7. The lowest BCUT2D eigenvalue weighted by Gasteiger charge is -2.28. The van der Waals surface area contributed by atoms with Crippen molar-refractivity contribution in [1.29, 1.82) is 0 Å². The molecule has 18 heavy (non-hydrogen) atoms. The maximum absolute atomic E-state index is 11.7. The number of hydrogen-bond donors (Lipinski definition) is 2. The number of H-pyrrole nitrogens is 1. The number of carbonyl (C=O) groups excluding carboxylic acids is 1. The lowest BCUT2D eigenvalue weighted by Crippen LogP contribution is -2.39. The SMILES string of the molecule is CC(=O)N(C1CC1)C(C(=O)O)c1c(C)n[nH]c1C. The van der Waals surface area contributed by atoms with Crippen LogP contribution in [0.2, 0.25) is 0 Å². The molecule has 0 bridgehead atoms. The van der Waals surface area contributed by atoms with Crippen molar-refractivity contribution < 1.29 is 14.7 Å². The molecule has 6 heteroatoms. The van der Waals surface area contributed by atoms with Gasteiger partial charge >= 0.3 is 5.97 Å². The second-order valence-corrected chi connectivity index (χ2v) is 4.75. The molecule has 1 fully saturated rings. The van der Waals surface area contributed by atoms with Crippen LogP contribution in [-0.4, -0.2) is 38.1 Å². The monoisotopic (exact) mass is 251 g/mol. The minimum atomic E-state index is -1.01. The van der Waals surface area contributed by atoms with Crippen LogP contribution in [0.1, 0.15) is 42.8 Å². The summed E-state index contributed by atoms with van der Waals surface area (Å²) in [6.07, 6.45) is 1.75. The van der Waals surface area contributed by atoms with Gasteiger partial charge in [0.15, 0.2) is 6.04 Å². The predicted octanol–water partition coefficient (Wildman–Crippen LogP) is 1.16. The quantitative estimate of drug-likeness (QED) is 0.840. The maximum Gasteiger partial charge on any atom is 0.331 e. The van der Waals surface area contributed by atoms with Crippen molar-refractivity contribution in [2.75, 3.05) is 0 Å². The third-order valence-corrected chi connectivity index (χ3v) is 3.27. The zero-order chi connectivity index (χ0) is 13.4. The Hall–Kier alpha value is -1.85. The Balaban J connectivity index is 2.45. The Kier molecular flexibility index (Phi) is 3.11. The maximum atomic E-state index is 11.7. The largest absolute Gasteiger partial charge is 0.479 e. The number of aromatic amines is 1. The van der Waals surface area contributed by atoms with Crippen LogP contribution >= 0.6 is 0 Å². The highest BCUT2D eigenvalue weighted by Gasteiger charge is 2.41. The molecule has 2 N–H and O–H groups in total. The molecular weight excluding hydrogens is 234 g/mol. The molecule has 1 aliphatic rings. The molecule has 6 nitrogen and oxygen atoms in total. The molecule has 1 saturated carbocycles. The van der Waals surface area contributed by atoms with Gasteiger partial charge < -0.3 is 10.0 Å². The number of carboxylic acid groups (broad SMARTS) is 1. The first-order valence-corrected chi connectivity index (χ1v) is 5.96. The van der Waals surface area contributed by atoms with Gasteiger partial charge in [0.25, 0.3) is 0 Å². The lowest BCUT2D eigenvalue weighted by atomic mass is 10.0. The zero-order valence-electron chi connectivity index (χ0n) is 10.7. The molecule has 0 aromatic carbocycles. The van der Waals surface area contributed by atoms with Gasteiger partial charge in [0.05, 0.1) is 5.69 Å². The predicted molar refractivity (Wildman–Crippen MR) is 64.0 cm³/mol. The molecule has 0 radical (unpaired) electrons. The summed E-state index contributed by atoms with van der Waals surface area (Å²) in [7, 11) is 0. The van der Waals surface area contributed by atoms with Gasteiger partial charge in [-0.15, -0.1) is 0 Å². The average molecular weight is 251 g/mol. The number of aryl methyl sites for hydroxylation is 2. The van der Waals surface area contributed by atoms with Gasteiger partial charge in [0.2, 0.25) is 5.91 Å². The molecule has 1 atom stereocenters. The van der Waals surface area contributed by atoms with Crippen LogP contribution in [0, 0.1) is 13.8 Å². The number of aliphatic carboxylic acids is 1. The summed E-state index contributed by atoms with van der Waals surface area (Å²) in [5.41, 5.74) is 1.93. The summed E-state index contributed by atoms with van der Waals surface area (Å²) in [5, 5.41) is 16.2. The van der Waals surface area contributed by atoms with Crippen molar-refractivity contribution in [3.63, 3.8) is 0 Å². The molecule has 1 unspecified atom stereocenters. The van der Waals surface area contributed by atoms with E-state index in [1.807, 2.05) is 0 Å². The van der Waals surface area contributed by atoms with Crippen LogP contribution < -0.4 is 0 Å². The fourth-order valence-corrected chi connectivity index (χ4v) is 2.35. The fourth-order valence-electron chi connectivity index (χ4n) is 2.35. The van der Waals surface area contributed by atoms with Crippen LogP contribution in [0.5, 0.6) is 0 Å². The summed E-state index contributed by atoms with van der Waals surface area (Å²) in [5.74, 6) is -1.21. The molecule has 2 rings (SSSR count). The van der Waals surface area contributed by atoms with Crippen LogP contribution in [0.25, 0.3) is 0 Å². The summed E-state index contributed by atoms with van der Waals surface area (Å²) in [6.45, 7) is 4.94. The summed E-state index contributed by atoms with van der Waals surface area (Å²) >= 11 is 0. The number of nitrogens with one attached hydrogen (secondary N) is 1. The Labute approximate surface area is 105 Å². The van der Waals surface area contributed by atoms with Crippen molar-refractivity contribution >= 4 is 11.9 Å². The van der Waals surface area contributed by atoms with Crippen molar-refractivity contribution in [2.45, 2.75) is 45.7 Å². The highest BCUT2D eigenvalue weighted by atomic mass is 16.4. The van der Waals surface area contributed by atoms with Crippen LogP contribution in [0.15, 0.2) is 0 Å². The van der Waals surface area contributed by atoms with Gasteiger partial charge in [0.1, 0.15) is 0 Å². The van der Waals surface area contributed by atoms with E-state index in [2.05, 4.69) is 10.2 Å². The number of rotatable bonds is 4. The number of amides is 1. The van der Waals surface area contributed by atoms with Gasteiger partial charge in [-0.05, 0) is 26.7 Å². The number of hydrogen-bond acceptors (Lipinski definition) is 3. The van der Waals surface area contributed by atoms with E-state index in [-0.39, 0.29) is 11.9 Å². The molecule has 1 amide bonds. The highest BCUT2D eigenvalue weighted by molar-refractivity contribution is 5.84. The minimum absolute atomic E-state index is 0.0531. The minimum Gasteiger partial charge on any atom is -0.479 e. The molecule has 0 aliphatic heterocycles. The van der Waals surface area contributed by atoms with Gasteiger partial charge in [-0.1, -0.05) is 0 Å². The van der Waals surface area contributed by atoms with E-state index in [1.54, 1.807) is 13.8 Å². The van der Waals surface area contributed by atoms with E-state index in [0.29, 0.717) is 17.0 Å². The first kappa shape index (κ1) is 12.6. The van der Waals surface area contributed by atoms with Gasteiger partial charge in [-0.3, -0.25) is 9.89 Å². The van der Waals surface area contributed by atoms with Crippen LogP contribution in [0.3, 0.4) is 0 Å². The van der Waals surface area contributed by atoms with Crippen LogP contribution in [-0.2, 0) is 9.59 Å². The van der Waals surface area contributed by atoms with E-state index >= 15 is 0 Å². The second-order valence-electron chi connectivity index (χ2n) is 4.75. The summed E-state index contributed by atoms with van der Waals surface area (Å²) < 4.78 is 0. The van der Waals surface area contributed by atoms with Gasteiger partial charge in [-0.25, -0.2) is 4.79 Å². The van der Waals surface area contributed by atoms with Crippen molar-refractivity contribution in [2.24, 2.45) is 0 Å². The Morgan fingerprint density at radius 1 is 1.44 bits per heavy atom. The Morgan fingerprint density at radius 3 is 2.39 bits per heavy atom. The first-order valence-electron chi connectivity index (χ1n) is 5.96. The van der Waals surface area contributed by atoms with Crippen LogP contribution in [0.4, 0.5) is 0 Å². The summed E-state index contributed by atoms with van der Waals surface area (Å²) in [4.78, 5) is 24.7. The number of aromatic nitrogens is 2. The van der Waals surface area contributed by atoms with Gasteiger partial charge in [-0.2, -0.15) is 5.10 Å². The molecule has 1 heterocycles. The van der Waals surface area contributed by atoms with E-state index < -0.39 is 12.0 Å². The van der Waals surface area contributed by atoms with E-state index in [9.17, 15) is 14.7 Å². The normalized spacial score (nSPS) is 16.4. The lowest BCUT2D eigenvalue weighted by molar-refractivity contribution is -0.150. The standard InChI is InChI=1S/C12H17N3O3/c1-6-10(7(2)14-13-6)11(12(17)18)15(8(3)16)9-4-5-9/h9,11H,4-5H2,1-3H3,(H,13,14)(H,17,18). The van der Waals surface area contributed by atoms with E-state index in [4.69, 9.17) is 0 Å². The second kappa shape index (κ2) is 4.44. The Bertz CT molecular complexity index is 471. The topological polar surface area (TPSA) is 86.3 Å². The first-order chi connectivity index (χ1) is 8.43. The molecule has 0 spiro atoms. The molecule has 1 aromatic rings. The third-order valence-electron chi connectivity index (χ3n) is 3.27. The Morgan fingerprint density at radius 2 is 2.06 bits per heavy atom. The van der Waals surface area contributed by atoms with E-state index in [0.717, 1.165) is 12.8 Å². The third kappa shape index (κ3) is 2.10. The number of carbonyl (C=O) groups is 2. The fraction of sp³-hybridized carbons (Fsp3) is 0.583. The average Bonchev–Trinajstić information content (AvgIpc) is 3.04. The molecule has 0 saturated heterocycles. The number of nitrogens with zero attached hydrogens (tertiary/aromatic N) is 2. The molecule has 98 valence electrons. The van der Waals surface area contributed by atoms with Crippen molar-refractivity contribution in [3.8, 4) is 0 Å². The molecule has 1 aliphatic carbocycles. The van der Waals surface area contributed by atoms with E-state index in [1.165, 1.54) is 11.8 Å². The van der Waals surface area contributed by atoms with Crippen molar-refractivity contribution in [1.82, 2.24) is 15.1 Å². The smallest absolute Gasteiger partial charge is 0.331 e. The molecule has 1 aromatic heterocycles. The summed E-state index contributed by atoms with van der Waals surface area (Å²) in [6, 6.07) is -0.883. The number of carboxylic acids is 1. The highest BCUT2D eigenvalue weighted by Crippen LogP contribution is 2.36.